The molecule has 1 saturated carbocycles. The van der Waals surface area contributed by atoms with Gasteiger partial charge in [0.1, 0.15) is 11.2 Å². The minimum atomic E-state index is -3.15. The molecule has 62 heavy (non-hydrogen) atoms. The number of aryl methyl sites for hydroxylation is 6. The van der Waals surface area contributed by atoms with Crippen molar-refractivity contribution in [3.8, 4) is 39.8 Å². The van der Waals surface area contributed by atoms with E-state index < -0.39 is 60.8 Å². The minimum Gasteiger partial charge on any atom is -0.455 e. The third kappa shape index (κ3) is 8.55. The first-order valence-electron chi connectivity index (χ1n) is 27.5. The van der Waals surface area contributed by atoms with Crippen molar-refractivity contribution in [2.75, 3.05) is 0 Å². The normalized spacial score (nSPS) is 18.1. The van der Waals surface area contributed by atoms with Crippen LogP contribution < -0.4 is 0 Å². The van der Waals surface area contributed by atoms with Crippen LogP contribution in [-0.4, -0.2) is 15.0 Å². The fourth-order valence-electron chi connectivity index (χ4n) is 7.81. The molecule has 1 aliphatic carbocycles. The minimum absolute atomic E-state index is 0.0867. The van der Waals surface area contributed by atoms with Gasteiger partial charge in [-0.05, 0) is 132 Å². The van der Waals surface area contributed by atoms with Crippen molar-refractivity contribution in [1.82, 2.24) is 15.0 Å². The SMILES string of the molecule is [2H]c1c(C#N)c(C2([2H])CCCC2)cc2c1oc1c(-c3ccc(C([2H])([2H])C([2H])([2H])c4cc(C([2H])([2H])C([2H])([2H])c5ccc(-c6ccccc6)nc5)cc(C([2H])([2H])C([2H])([2H])c5ccc(-c6ccccc6)nc5)c4)cn3)cccc12. The second-order valence-corrected chi connectivity index (χ2v) is 15.1. The fraction of sp³-hybridized carbons (Fsp3) is 0.193. The molecule has 0 aliphatic heterocycles. The number of nitrogens with zero attached hydrogens (tertiary/aromatic N) is 4. The van der Waals surface area contributed by atoms with Crippen LogP contribution in [0.1, 0.15) is 95.3 Å². The van der Waals surface area contributed by atoms with Gasteiger partial charge in [0.05, 0.1) is 30.1 Å². The Labute approximate surface area is 383 Å². The van der Waals surface area contributed by atoms with Crippen molar-refractivity contribution >= 4 is 21.9 Å². The highest BCUT2D eigenvalue weighted by molar-refractivity contribution is 6.09. The van der Waals surface area contributed by atoms with Crippen molar-refractivity contribution in [2.24, 2.45) is 0 Å². The Balaban J connectivity index is 1.05. The number of nitriles is 1. The molecule has 302 valence electrons. The second-order valence-electron chi connectivity index (χ2n) is 15.1. The summed E-state index contributed by atoms with van der Waals surface area (Å²) in [4.78, 5) is 13.4. The lowest BCUT2D eigenvalue weighted by Crippen LogP contribution is -2.00. The molecule has 1 fully saturated rings. The number of hydrogen-bond donors (Lipinski definition) is 0. The Bertz CT molecular complexity index is 3560. The van der Waals surface area contributed by atoms with E-state index in [0.29, 0.717) is 51.7 Å². The summed E-state index contributed by atoms with van der Waals surface area (Å²) in [5.74, 6) is -1.01. The van der Waals surface area contributed by atoms with Crippen molar-refractivity contribution in [3.05, 3.63) is 209 Å². The van der Waals surface area contributed by atoms with Crippen molar-refractivity contribution < 1.29 is 23.6 Å². The summed E-state index contributed by atoms with van der Waals surface area (Å²) in [6.07, 6.45) is -11.9. The molecule has 0 radical (unpaired) electrons. The molecule has 1 aliphatic rings. The molecule has 4 heterocycles. The van der Waals surface area contributed by atoms with Crippen LogP contribution in [0, 0.1) is 11.3 Å². The molecule has 0 unspecified atom stereocenters. The Hall–Kier alpha value is -7.16. The van der Waals surface area contributed by atoms with Crippen molar-refractivity contribution in [2.45, 2.75) is 69.8 Å². The van der Waals surface area contributed by atoms with Crippen LogP contribution in [0.4, 0.5) is 0 Å². The van der Waals surface area contributed by atoms with Crippen LogP contribution in [-0.2, 0) is 38.2 Å². The van der Waals surface area contributed by atoms with Crippen LogP contribution in [0.15, 0.2) is 169 Å². The number of rotatable bonds is 13. The van der Waals surface area contributed by atoms with Gasteiger partial charge in [-0.15, -0.1) is 0 Å². The molecule has 0 amide bonds. The lowest BCUT2D eigenvalue weighted by Gasteiger charge is -2.12. The van der Waals surface area contributed by atoms with Crippen LogP contribution in [0.5, 0.6) is 0 Å². The summed E-state index contributed by atoms with van der Waals surface area (Å²) in [7, 11) is 0. The van der Waals surface area contributed by atoms with Gasteiger partial charge >= 0.3 is 0 Å². The lowest BCUT2D eigenvalue weighted by molar-refractivity contribution is 0.668. The average Bonchev–Trinajstić information content (AvgIpc) is 4.10. The van der Waals surface area contributed by atoms with Crippen molar-refractivity contribution in [1.29, 1.82) is 5.26 Å². The molecule has 5 nitrogen and oxygen atoms in total. The Morgan fingerprint density at radius 3 is 1.55 bits per heavy atom. The highest BCUT2D eigenvalue weighted by atomic mass is 16.3. The van der Waals surface area contributed by atoms with Gasteiger partial charge in [-0.2, -0.15) is 5.26 Å². The zero-order chi connectivity index (χ0) is 54.2. The van der Waals surface area contributed by atoms with Gasteiger partial charge in [0.25, 0.3) is 0 Å². The first-order valence-corrected chi connectivity index (χ1v) is 20.5. The first kappa shape index (κ1) is 26.2. The van der Waals surface area contributed by atoms with Gasteiger partial charge in [0.2, 0.25) is 0 Å². The van der Waals surface area contributed by atoms with Crippen LogP contribution in [0.3, 0.4) is 0 Å². The summed E-state index contributed by atoms with van der Waals surface area (Å²) in [5, 5.41) is 11.3. The number of aromatic nitrogens is 3. The monoisotopic (exact) mass is 818 g/mol. The Morgan fingerprint density at radius 2 is 1.06 bits per heavy atom. The summed E-state index contributed by atoms with van der Waals surface area (Å²) in [6.45, 7) is 0. The maximum absolute atomic E-state index is 10.2. The van der Waals surface area contributed by atoms with Gasteiger partial charge in [0, 0.05) is 63.9 Å². The molecule has 5 heteroatoms. The summed E-state index contributed by atoms with van der Waals surface area (Å²) < 4.78 is 137. The zero-order valence-corrected chi connectivity index (χ0v) is 33.5. The number of pyridine rings is 3. The van der Waals surface area contributed by atoms with E-state index in [1.807, 2.05) is 60.7 Å². The van der Waals surface area contributed by atoms with E-state index in [1.54, 1.807) is 24.3 Å². The molecule has 10 rings (SSSR count). The van der Waals surface area contributed by atoms with E-state index in [-0.39, 0.29) is 39.6 Å². The van der Waals surface area contributed by atoms with Crippen molar-refractivity contribution in [3.63, 3.8) is 0 Å². The largest absolute Gasteiger partial charge is 0.455 e. The van der Waals surface area contributed by atoms with E-state index in [4.69, 9.17) is 5.79 Å². The molecule has 0 N–H and O–H groups in total. The smallest absolute Gasteiger partial charge is 0.144 e. The lowest BCUT2D eigenvalue weighted by atomic mass is 9.91. The van der Waals surface area contributed by atoms with Gasteiger partial charge in [-0.3, -0.25) is 15.0 Å². The summed E-state index contributed by atoms with van der Waals surface area (Å²) >= 11 is 0. The standard InChI is InChI=1S/C57H48N4O/c58-35-48-33-56-52(34-51(48)45-10-7-8-11-45)49-16-9-17-50(57(49)62-56)55-29-26-41(38-61-55)20-23-44-31-42(21-18-39-24-27-53(59-36-39)46-12-3-1-4-13-46)30-43(32-44)22-19-40-25-28-54(60-37-40)47-14-5-2-6-15-47/h1-6,9,12-17,24-34,36-38,45H,7-8,10-11,18-23H2/i18D2,19D2,20D2,21D2,22D2,23D2,33D,45D. The van der Waals surface area contributed by atoms with E-state index in [2.05, 4.69) is 21.0 Å². The molecular weight excluding hydrogens is 757 g/mol. The number of fused-ring (bicyclic) bond motifs is 3. The fourth-order valence-corrected chi connectivity index (χ4v) is 7.81. The van der Waals surface area contributed by atoms with Gasteiger partial charge < -0.3 is 4.42 Å². The highest BCUT2D eigenvalue weighted by Gasteiger charge is 2.23. The topological polar surface area (TPSA) is 75.6 Å². The first-order chi connectivity index (χ1) is 35.9. The summed E-state index contributed by atoms with van der Waals surface area (Å²) in [5.41, 5.74) is 1.79. The highest BCUT2D eigenvalue weighted by Crippen LogP contribution is 2.41. The van der Waals surface area contributed by atoms with E-state index in [1.165, 1.54) is 48.8 Å². The number of para-hydroxylation sites is 1. The van der Waals surface area contributed by atoms with Gasteiger partial charge in [-0.1, -0.05) is 122 Å². The molecule has 0 saturated heterocycles. The van der Waals surface area contributed by atoms with Crippen LogP contribution in [0.2, 0.25) is 0 Å². The number of hydrogen-bond acceptors (Lipinski definition) is 5. The van der Waals surface area contributed by atoms with E-state index in [9.17, 15) is 23.1 Å². The molecule has 0 spiro atoms. The number of furan rings is 1. The predicted octanol–water partition coefficient (Wildman–Crippen LogP) is 13.7. The zero-order valence-electron chi connectivity index (χ0n) is 47.5. The molecule has 5 aromatic carbocycles. The molecular formula is C57H48N4O. The maximum atomic E-state index is 10.2. The molecule has 9 aromatic rings. The third-order valence-electron chi connectivity index (χ3n) is 10.9. The van der Waals surface area contributed by atoms with E-state index >= 15 is 0 Å². The molecule has 4 aromatic heterocycles. The molecule has 0 bridgehead atoms. The number of benzene rings is 5. The average molecular weight is 819 g/mol. The van der Waals surface area contributed by atoms with Crippen LogP contribution >= 0.6 is 0 Å². The maximum Gasteiger partial charge on any atom is 0.144 e. The second kappa shape index (κ2) is 17.8. The quantitative estimate of drug-likeness (QED) is 0.116. The van der Waals surface area contributed by atoms with Crippen LogP contribution in [0.25, 0.3) is 55.7 Å². The third-order valence-corrected chi connectivity index (χ3v) is 10.9. The van der Waals surface area contributed by atoms with Gasteiger partial charge in [-0.25, -0.2) is 0 Å². The summed E-state index contributed by atoms with van der Waals surface area (Å²) in [6, 6.07) is 38.7. The van der Waals surface area contributed by atoms with E-state index in [0.717, 1.165) is 48.4 Å². The Kier molecular flexibility index (Phi) is 7.54. The Morgan fingerprint density at radius 1 is 0.565 bits per heavy atom. The molecule has 0 atom stereocenters. The van der Waals surface area contributed by atoms with Gasteiger partial charge in [0.15, 0.2) is 0 Å². The predicted molar refractivity (Wildman–Crippen MR) is 251 cm³/mol.